The molecule has 0 spiro atoms. The third kappa shape index (κ3) is 3.67. The maximum absolute atomic E-state index is 13.0. The van der Waals surface area contributed by atoms with Gasteiger partial charge in [-0.25, -0.2) is 9.07 Å². The van der Waals surface area contributed by atoms with E-state index in [9.17, 15) is 9.18 Å². The predicted octanol–water partition coefficient (Wildman–Crippen LogP) is 0.756. The molecule has 1 fully saturated rings. The zero-order valence-corrected chi connectivity index (χ0v) is 12.1. The highest BCUT2D eigenvalue weighted by Gasteiger charge is 2.23. The number of carbonyl (C=O) groups is 1. The summed E-state index contributed by atoms with van der Waals surface area (Å²) in [6.07, 6.45) is 3.06. The summed E-state index contributed by atoms with van der Waals surface area (Å²) in [6.45, 7) is 1.43. The quantitative estimate of drug-likeness (QED) is 0.855. The molecule has 1 saturated heterocycles. The summed E-state index contributed by atoms with van der Waals surface area (Å²) in [7, 11) is 0. The van der Waals surface area contributed by atoms with Crippen molar-refractivity contribution >= 4 is 5.91 Å². The van der Waals surface area contributed by atoms with Crippen molar-refractivity contribution in [3.8, 4) is 0 Å². The zero-order valence-electron chi connectivity index (χ0n) is 12.1. The first-order valence-electron chi connectivity index (χ1n) is 7.29. The molecular weight excluding hydrogens is 285 g/mol. The van der Waals surface area contributed by atoms with Crippen LogP contribution < -0.4 is 10.6 Å². The van der Waals surface area contributed by atoms with Gasteiger partial charge in [0.15, 0.2) is 0 Å². The number of carbonyl (C=O) groups excluding carboxylic acids is 1. The molecule has 0 aliphatic carbocycles. The fourth-order valence-electron chi connectivity index (χ4n) is 2.51. The predicted molar refractivity (Wildman–Crippen MR) is 79.2 cm³/mol. The minimum Gasteiger partial charge on any atom is -0.350 e. The summed E-state index contributed by atoms with van der Waals surface area (Å²) in [5, 5.41) is 13.5. The van der Waals surface area contributed by atoms with Crippen LogP contribution in [0, 0.1) is 0 Å². The first-order valence-corrected chi connectivity index (χ1v) is 7.29. The largest absolute Gasteiger partial charge is 0.350 e. The van der Waals surface area contributed by atoms with E-state index in [1.165, 1.54) is 0 Å². The Kier molecular flexibility index (Phi) is 4.43. The van der Waals surface area contributed by atoms with E-state index in [-0.39, 0.29) is 11.9 Å². The third-order valence-corrected chi connectivity index (χ3v) is 3.71. The second-order valence-corrected chi connectivity index (χ2v) is 5.45. The average molecular weight is 303 g/mol. The Morgan fingerprint density at radius 2 is 2.23 bits per heavy atom. The van der Waals surface area contributed by atoms with E-state index in [0.29, 0.717) is 31.6 Å². The van der Waals surface area contributed by atoms with Gasteiger partial charge < -0.3 is 10.6 Å². The summed E-state index contributed by atoms with van der Waals surface area (Å²) >= 11 is 0. The van der Waals surface area contributed by atoms with Gasteiger partial charge in [0.2, 0.25) is 0 Å². The number of rotatable bonds is 5. The lowest BCUT2D eigenvalue weighted by molar-refractivity contribution is 0.0950. The molecule has 6 nitrogen and oxygen atoms in total. The van der Waals surface area contributed by atoms with E-state index in [2.05, 4.69) is 20.9 Å². The van der Waals surface area contributed by atoms with Crippen molar-refractivity contribution in [2.75, 3.05) is 13.1 Å². The topological polar surface area (TPSA) is 71.8 Å². The van der Waals surface area contributed by atoms with E-state index in [1.807, 2.05) is 12.1 Å². The fraction of sp³-hybridized carbons (Fsp3) is 0.400. The maximum atomic E-state index is 13.0. The summed E-state index contributed by atoms with van der Waals surface area (Å²) in [4.78, 5) is 12.1. The van der Waals surface area contributed by atoms with Crippen LogP contribution in [0.4, 0.5) is 4.39 Å². The Morgan fingerprint density at radius 3 is 2.86 bits per heavy atom. The van der Waals surface area contributed by atoms with Gasteiger partial charge in [-0.15, -0.1) is 5.10 Å². The van der Waals surface area contributed by atoms with Gasteiger partial charge in [-0.3, -0.25) is 4.79 Å². The van der Waals surface area contributed by atoms with Gasteiger partial charge in [-0.1, -0.05) is 17.3 Å². The summed E-state index contributed by atoms with van der Waals surface area (Å²) < 4.78 is 14.8. The Bertz CT molecular complexity index is 613. The van der Waals surface area contributed by atoms with Crippen molar-refractivity contribution in [2.24, 2.45) is 0 Å². The molecule has 7 heteroatoms. The number of aromatic nitrogens is 3. The monoisotopic (exact) mass is 303 g/mol. The van der Waals surface area contributed by atoms with Gasteiger partial charge in [0.05, 0.1) is 12.7 Å². The molecule has 1 aliphatic rings. The lowest BCUT2D eigenvalue weighted by Crippen LogP contribution is -2.37. The number of benzene rings is 1. The van der Waals surface area contributed by atoms with Crippen LogP contribution in [0.1, 0.15) is 22.3 Å². The normalized spacial score (nSPS) is 21.0. The second-order valence-electron chi connectivity index (χ2n) is 5.45. The Labute approximate surface area is 127 Å². The van der Waals surface area contributed by atoms with E-state index in [1.54, 1.807) is 29.2 Å². The molecule has 0 radical (unpaired) electrons. The molecule has 2 atom stereocenters. The summed E-state index contributed by atoms with van der Waals surface area (Å²) in [5.41, 5.74) is 1.64. The van der Waals surface area contributed by atoms with Crippen molar-refractivity contribution in [1.29, 1.82) is 0 Å². The zero-order chi connectivity index (χ0) is 15.4. The number of alkyl halides is 1. The van der Waals surface area contributed by atoms with Gasteiger partial charge in [0.1, 0.15) is 6.17 Å². The average Bonchev–Trinajstić information content (AvgIpc) is 3.17. The van der Waals surface area contributed by atoms with Crippen LogP contribution >= 0.6 is 0 Å². The number of hydrogen-bond donors (Lipinski definition) is 2. The highest BCUT2D eigenvalue weighted by molar-refractivity contribution is 5.94. The molecule has 0 unspecified atom stereocenters. The minimum atomic E-state index is -0.807. The van der Waals surface area contributed by atoms with E-state index >= 15 is 0 Å². The number of nitrogens with one attached hydrogen (secondary N) is 2. The van der Waals surface area contributed by atoms with Crippen molar-refractivity contribution in [3.63, 3.8) is 0 Å². The van der Waals surface area contributed by atoms with Crippen LogP contribution in [0.3, 0.4) is 0 Å². The highest BCUT2D eigenvalue weighted by atomic mass is 19.1. The Balaban J connectivity index is 1.52. The van der Waals surface area contributed by atoms with Crippen molar-refractivity contribution in [1.82, 2.24) is 25.6 Å². The number of halogens is 1. The Morgan fingerprint density at radius 1 is 1.41 bits per heavy atom. The van der Waals surface area contributed by atoms with Gasteiger partial charge in [-0.05, 0) is 24.1 Å². The molecule has 2 aromatic rings. The lowest BCUT2D eigenvalue weighted by atomic mass is 10.1. The Hall–Kier alpha value is -2.28. The molecule has 1 aromatic heterocycles. The molecule has 2 heterocycles. The van der Waals surface area contributed by atoms with Crippen molar-refractivity contribution in [2.45, 2.75) is 25.2 Å². The lowest BCUT2D eigenvalue weighted by Gasteiger charge is -2.11. The van der Waals surface area contributed by atoms with Crippen LogP contribution in [-0.4, -0.2) is 46.2 Å². The third-order valence-electron chi connectivity index (χ3n) is 3.71. The number of hydrogen-bond acceptors (Lipinski definition) is 4. The van der Waals surface area contributed by atoms with E-state index in [0.717, 1.165) is 5.56 Å². The van der Waals surface area contributed by atoms with Crippen LogP contribution in [-0.2, 0) is 6.54 Å². The standard InChI is InChI=1S/C15H18FN5O/c16-13-7-14(17-8-13)9-18-15(22)12-3-1-11(2-4-12)10-21-6-5-19-20-21/h1-6,13-14,17H,7-10H2,(H,18,22)/t13-,14-/m0/s1. The molecule has 116 valence electrons. The fourth-order valence-corrected chi connectivity index (χ4v) is 2.51. The first kappa shape index (κ1) is 14.6. The maximum Gasteiger partial charge on any atom is 0.251 e. The molecule has 3 rings (SSSR count). The molecule has 22 heavy (non-hydrogen) atoms. The number of amides is 1. The molecule has 0 saturated carbocycles. The minimum absolute atomic E-state index is 0.0190. The van der Waals surface area contributed by atoms with Gasteiger partial charge >= 0.3 is 0 Å². The van der Waals surface area contributed by atoms with Gasteiger partial charge in [0, 0.05) is 30.9 Å². The summed E-state index contributed by atoms with van der Waals surface area (Å²) in [6, 6.07) is 7.36. The van der Waals surface area contributed by atoms with Crippen molar-refractivity contribution < 1.29 is 9.18 Å². The highest BCUT2D eigenvalue weighted by Crippen LogP contribution is 2.10. The van der Waals surface area contributed by atoms with Gasteiger partial charge in [-0.2, -0.15) is 0 Å². The molecule has 1 amide bonds. The summed E-state index contributed by atoms with van der Waals surface area (Å²) in [5.74, 6) is -0.142. The molecule has 1 aromatic carbocycles. The molecule has 2 N–H and O–H groups in total. The van der Waals surface area contributed by atoms with E-state index < -0.39 is 6.17 Å². The van der Waals surface area contributed by atoms with Crippen LogP contribution in [0.25, 0.3) is 0 Å². The number of nitrogens with zero attached hydrogens (tertiary/aromatic N) is 3. The van der Waals surface area contributed by atoms with Gasteiger partial charge in [0.25, 0.3) is 5.91 Å². The molecular formula is C15H18FN5O. The SMILES string of the molecule is O=C(NC[C@@H]1C[C@H](F)CN1)c1ccc(Cn2ccnn2)cc1. The second kappa shape index (κ2) is 6.65. The van der Waals surface area contributed by atoms with Crippen molar-refractivity contribution in [3.05, 3.63) is 47.8 Å². The molecule has 0 bridgehead atoms. The van der Waals surface area contributed by atoms with Crippen LogP contribution in [0.15, 0.2) is 36.7 Å². The molecule has 1 aliphatic heterocycles. The van der Waals surface area contributed by atoms with Crippen LogP contribution in [0.2, 0.25) is 0 Å². The van der Waals surface area contributed by atoms with E-state index in [4.69, 9.17) is 0 Å². The van der Waals surface area contributed by atoms with Crippen LogP contribution in [0.5, 0.6) is 0 Å². The first-order chi connectivity index (χ1) is 10.7. The smallest absolute Gasteiger partial charge is 0.251 e.